The van der Waals surface area contributed by atoms with E-state index in [0.717, 1.165) is 15.4 Å². The molecule has 0 fully saturated rings. The Hall–Kier alpha value is 0.660. The molecule has 0 aliphatic heterocycles. The summed E-state index contributed by atoms with van der Waals surface area (Å²) in [6.45, 7) is 2.16. The molecule has 0 bridgehead atoms. The molecule has 1 aromatic rings. The molecule has 0 saturated carbocycles. The summed E-state index contributed by atoms with van der Waals surface area (Å²) in [4.78, 5) is 0.450. The van der Waals surface area contributed by atoms with E-state index in [-0.39, 0.29) is 0 Å². The summed E-state index contributed by atoms with van der Waals surface area (Å²) in [5.41, 5.74) is 1.30. The average molecular weight is 357 g/mol. The van der Waals surface area contributed by atoms with Gasteiger partial charge in [0.25, 0.3) is 0 Å². The van der Waals surface area contributed by atoms with E-state index in [0.29, 0.717) is 4.83 Å². The Morgan fingerprint density at radius 2 is 1.67 bits per heavy atom. The van der Waals surface area contributed by atoms with Crippen molar-refractivity contribution < 1.29 is 0 Å². The minimum absolute atomic E-state index is 0.450. The van der Waals surface area contributed by atoms with Gasteiger partial charge in [-0.05, 0) is 30.2 Å². The Balaban J connectivity index is 3.00. The summed E-state index contributed by atoms with van der Waals surface area (Å²) in [7, 11) is 0. The van der Waals surface area contributed by atoms with Crippen molar-refractivity contribution in [2.45, 2.75) is 18.2 Å². The Kier molecular flexibility index (Phi) is 4.27. The quantitative estimate of drug-likeness (QED) is 0.650. The second-order valence-electron chi connectivity index (χ2n) is 2.58. The zero-order valence-electron chi connectivity index (χ0n) is 6.65. The number of alkyl halides is 1. The number of halogens is 3. The Morgan fingerprint density at radius 3 is 2.08 bits per heavy atom. The first-order valence-corrected chi connectivity index (χ1v) is 6.23. The smallest absolute Gasteiger partial charge is 0.0393 e. The van der Waals surface area contributed by atoms with Gasteiger partial charge < -0.3 is 0 Å². The third kappa shape index (κ3) is 2.86. The van der Waals surface area contributed by atoms with E-state index in [9.17, 15) is 0 Å². The molecule has 3 heteroatoms. The summed E-state index contributed by atoms with van der Waals surface area (Å²) in [6, 6.07) is 6.31. The molecule has 0 amide bonds. The summed E-state index contributed by atoms with van der Waals surface area (Å²) >= 11 is 10.5. The van der Waals surface area contributed by atoms with Crippen LogP contribution in [0.3, 0.4) is 0 Å². The van der Waals surface area contributed by atoms with Crippen molar-refractivity contribution in [2.75, 3.05) is 0 Å². The van der Waals surface area contributed by atoms with Gasteiger partial charge in [0.1, 0.15) is 0 Å². The normalized spacial score (nSPS) is 13.0. The number of benzene rings is 1. The van der Waals surface area contributed by atoms with Crippen LogP contribution in [0.1, 0.15) is 23.7 Å². The van der Waals surface area contributed by atoms with Gasteiger partial charge in [-0.15, -0.1) is 0 Å². The minimum Gasteiger partial charge on any atom is -0.0839 e. The van der Waals surface area contributed by atoms with Crippen LogP contribution in [-0.2, 0) is 0 Å². The molecular formula is C9H9Br3. The van der Waals surface area contributed by atoms with Crippen LogP contribution in [0, 0.1) is 0 Å². The Morgan fingerprint density at radius 1 is 1.17 bits per heavy atom. The predicted molar refractivity (Wildman–Crippen MR) is 63.8 cm³/mol. The molecule has 0 saturated heterocycles. The first kappa shape index (κ1) is 10.7. The molecule has 66 valence electrons. The Bertz CT molecular complexity index is 250. The van der Waals surface area contributed by atoms with Crippen molar-refractivity contribution in [2.24, 2.45) is 0 Å². The fourth-order valence-corrected chi connectivity index (χ4v) is 2.59. The third-order valence-corrected chi connectivity index (χ3v) is 3.70. The first-order chi connectivity index (χ1) is 5.63. The average Bonchev–Trinajstić information content (AvgIpc) is 2.01. The SMILES string of the molecule is CCC(Br)c1cc(Br)cc(Br)c1. The summed E-state index contributed by atoms with van der Waals surface area (Å²) in [5.74, 6) is 0. The lowest BCUT2D eigenvalue weighted by molar-refractivity contribution is 0.909. The van der Waals surface area contributed by atoms with Gasteiger partial charge in [0, 0.05) is 13.8 Å². The summed E-state index contributed by atoms with van der Waals surface area (Å²) in [6.07, 6.45) is 1.10. The van der Waals surface area contributed by atoms with E-state index >= 15 is 0 Å². The molecule has 0 aliphatic carbocycles. The third-order valence-electron chi connectivity index (χ3n) is 1.61. The van der Waals surface area contributed by atoms with Crippen LogP contribution in [0.2, 0.25) is 0 Å². The van der Waals surface area contributed by atoms with Crippen LogP contribution >= 0.6 is 47.8 Å². The molecule has 1 aromatic carbocycles. The van der Waals surface area contributed by atoms with Gasteiger partial charge in [-0.2, -0.15) is 0 Å². The van der Waals surface area contributed by atoms with Crippen molar-refractivity contribution in [3.8, 4) is 0 Å². The summed E-state index contributed by atoms with van der Waals surface area (Å²) < 4.78 is 2.23. The lowest BCUT2D eigenvalue weighted by Crippen LogP contribution is -1.87. The molecule has 0 aromatic heterocycles. The van der Waals surface area contributed by atoms with Gasteiger partial charge in [0.15, 0.2) is 0 Å². The number of hydrogen-bond donors (Lipinski definition) is 0. The molecule has 1 atom stereocenters. The van der Waals surface area contributed by atoms with Crippen molar-refractivity contribution in [1.82, 2.24) is 0 Å². The zero-order valence-corrected chi connectivity index (χ0v) is 11.4. The van der Waals surface area contributed by atoms with E-state index in [1.54, 1.807) is 0 Å². The standard InChI is InChI=1S/C9H9Br3/c1-2-9(12)6-3-7(10)5-8(11)4-6/h3-5,9H,2H2,1H3. The molecule has 0 heterocycles. The molecule has 0 nitrogen and oxygen atoms in total. The number of hydrogen-bond acceptors (Lipinski definition) is 0. The van der Waals surface area contributed by atoms with Crippen molar-refractivity contribution in [1.29, 1.82) is 0 Å². The first-order valence-electron chi connectivity index (χ1n) is 3.73. The highest BCUT2D eigenvalue weighted by Crippen LogP contribution is 2.30. The molecule has 0 aliphatic rings. The van der Waals surface area contributed by atoms with Crippen molar-refractivity contribution >= 4 is 47.8 Å². The van der Waals surface area contributed by atoms with Crippen LogP contribution in [0.15, 0.2) is 27.1 Å². The van der Waals surface area contributed by atoms with Gasteiger partial charge in [0.2, 0.25) is 0 Å². The van der Waals surface area contributed by atoms with Gasteiger partial charge in [-0.3, -0.25) is 0 Å². The predicted octanol–water partition coefficient (Wildman–Crippen LogP) is 5.06. The molecular weight excluding hydrogens is 348 g/mol. The second kappa shape index (κ2) is 4.77. The van der Waals surface area contributed by atoms with Gasteiger partial charge in [-0.25, -0.2) is 0 Å². The van der Waals surface area contributed by atoms with E-state index < -0.39 is 0 Å². The molecule has 0 N–H and O–H groups in total. The lowest BCUT2D eigenvalue weighted by atomic mass is 10.1. The topological polar surface area (TPSA) is 0 Å². The monoisotopic (exact) mass is 354 g/mol. The zero-order chi connectivity index (χ0) is 9.14. The highest BCUT2D eigenvalue weighted by molar-refractivity contribution is 9.11. The van der Waals surface area contributed by atoms with Gasteiger partial charge in [-0.1, -0.05) is 54.7 Å². The highest BCUT2D eigenvalue weighted by Gasteiger charge is 2.05. The van der Waals surface area contributed by atoms with Crippen LogP contribution in [0.4, 0.5) is 0 Å². The maximum Gasteiger partial charge on any atom is 0.0393 e. The molecule has 0 spiro atoms. The van der Waals surface area contributed by atoms with E-state index in [2.05, 4.69) is 66.8 Å². The van der Waals surface area contributed by atoms with Crippen LogP contribution in [-0.4, -0.2) is 0 Å². The van der Waals surface area contributed by atoms with Crippen molar-refractivity contribution in [3.63, 3.8) is 0 Å². The van der Waals surface area contributed by atoms with Crippen LogP contribution < -0.4 is 0 Å². The number of rotatable bonds is 2. The van der Waals surface area contributed by atoms with E-state index in [1.165, 1.54) is 5.56 Å². The molecule has 12 heavy (non-hydrogen) atoms. The molecule has 1 unspecified atom stereocenters. The van der Waals surface area contributed by atoms with Gasteiger partial charge in [0.05, 0.1) is 0 Å². The van der Waals surface area contributed by atoms with E-state index in [1.807, 2.05) is 6.07 Å². The van der Waals surface area contributed by atoms with Crippen LogP contribution in [0.25, 0.3) is 0 Å². The molecule has 0 radical (unpaired) electrons. The highest BCUT2D eigenvalue weighted by atomic mass is 79.9. The molecule has 1 rings (SSSR count). The minimum atomic E-state index is 0.450. The van der Waals surface area contributed by atoms with Crippen molar-refractivity contribution in [3.05, 3.63) is 32.7 Å². The largest absolute Gasteiger partial charge is 0.0839 e. The fourth-order valence-electron chi connectivity index (χ4n) is 0.992. The van der Waals surface area contributed by atoms with E-state index in [4.69, 9.17) is 0 Å². The Labute approximate surface area is 98.1 Å². The fraction of sp³-hybridized carbons (Fsp3) is 0.333. The summed E-state index contributed by atoms with van der Waals surface area (Å²) in [5, 5.41) is 0. The van der Waals surface area contributed by atoms with Crippen LogP contribution in [0.5, 0.6) is 0 Å². The maximum atomic E-state index is 3.61. The maximum absolute atomic E-state index is 3.61. The lowest BCUT2D eigenvalue weighted by Gasteiger charge is -2.07. The second-order valence-corrected chi connectivity index (χ2v) is 5.52. The van der Waals surface area contributed by atoms with Gasteiger partial charge >= 0.3 is 0 Å².